The fraction of sp³-hybridized carbons (Fsp3) is 0.500. The minimum absolute atomic E-state index is 0.146. The topological polar surface area (TPSA) is 79.5 Å². The number of ether oxygens (including phenoxy) is 1. The Balaban J connectivity index is 0.00000121. The van der Waals surface area contributed by atoms with Crippen molar-refractivity contribution in [3.05, 3.63) is 65.5 Å². The zero-order valence-corrected chi connectivity index (χ0v) is 24.4. The number of unbranched alkanes of at least 4 members (excludes halogenated alkanes) is 1. The number of nitrogens with one attached hydrogen (secondary N) is 3. The van der Waals surface area contributed by atoms with Crippen molar-refractivity contribution in [1.29, 1.82) is 0 Å². The Morgan fingerprint density at radius 3 is 2.33 bits per heavy atom. The summed E-state index contributed by atoms with van der Waals surface area (Å²) in [5, 5.41) is 8.67. The van der Waals surface area contributed by atoms with Gasteiger partial charge in [0.15, 0.2) is 0 Å². The Hall–Kier alpha value is -3.37. The SMILES string of the molecule is C#CCC(NC(=O)CCCCOc1cc(C)cc(F)c1)C(=O)NCCCNCC.CC.CCc1ccccc1. The first-order valence-corrected chi connectivity index (χ1v) is 14.0. The maximum Gasteiger partial charge on any atom is 0.243 e. The molecule has 0 radical (unpaired) electrons. The summed E-state index contributed by atoms with van der Waals surface area (Å²) in [5.74, 6) is 2.08. The second-order valence-corrected chi connectivity index (χ2v) is 8.64. The van der Waals surface area contributed by atoms with Gasteiger partial charge in [0, 0.05) is 25.5 Å². The molecule has 3 N–H and O–H groups in total. The van der Waals surface area contributed by atoms with Crippen molar-refractivity contribution in [2.75, 3.05) is 26.2 Å². The zero-order valence-electron chi connectivity index (χ0n) is 24.4. The molecule has 2 aromatic rings. The van der Waals surface area contributed by atoms with Crippen molar-refractivity contribution in [3.8, 4) is 18.1 Å². The third-order valence-corrected chi connectivity index (χ3v) is 5.39. The van der Waals surface area contributed by atoms with Gasteiger partial charge in [0.05, 0.1) is 6.61 Å². The lowest BCUT2D eigenvalue weighted by Gasteiger charge is -2.16. The van der Waals surface area contributed by atoms with Gasteiger partial charge >= 0.3 is 0 Å². The van der Waals surface area contributed by atoms with Gasteiger partial charge in [-0.25, -0.2) is 4.39 Å². The van der Waals surface area contributed by atoms with Crippen LogP contribution in [-0.2, 0) is 16.0 Å². The molecule has 2 amide bonds. The predicted molar refractivity (Wildman–Crippen MR) is 159 cm³/mol. The average molecular weight is 542 g/mol. The van der Waals surface area contributed by atoms with Gasteiger partial charge in [-0.2, -0.15) is 0 Å². The van der Waals surface area contributed by atoms with Crippen LogP contribution in [0, 0.1) is 25.1 Å². The summed E-state index contributed by atoms with van der Waals surface area (Å²) in [6.07, 6.45) is 8.90. The molecule has 7 heteroatoms. The number of carbonyl (C=O) groups is 2. The van der Waals surface area contributed by atoms with Gasteiger partial charge in [-0.05, 0) is 69.0 Å². The molecule has 6 nitrogen and oxygen atoms in total. The van der Waals surface area contributed by atoms with Crippen molar-refractivity contribution in [3.63, 3.8) is 0 Å². The van der Waals surface area contributed by atoms with E-state index in [2.05, 4.69) is 53.1 Å². The molecule has 1 unspecified atom stereocenters. The molecule has 0 saturated carbocycles. The Morgan fingerprint density at radius 1 is 1.03 bits per heavy atom. The average Bonchev–Trinajstić information content (AvgIpc) is 2.94. The number of terminal acetylenes is 1. The molecule has 0 heterocycles. The van der Waals surface area contributed by atoms with Crippen molar-refractivity contribution < 1.29 is 18.7 Å². The molecule has 0 aliphatic carbocycles. The summed E-state index contributed by atoms with van der Waals surface area (Å²) in [6, 6.07) is 14.3. The van der Waals surface area contributed by atoms with E-state index in [-0.39, 0.29) is 30.5 Å². The quantitative estimate of drug-likeness (QED) is 0.203. The van der Waals surface area contributed by atoms with E-state index in [9.17, 15) is 14.0 Å². The molecule has 0 aliphatic rings. The first-order chi connectivity index (χ1) is 18.9. The van der Waals surface area contributed by atoms with Crippen LogP contribution >= 0.6 is 0 Å². The summed E-state index contributed by atoms with van der Waals surface area (Å²) in [4.78, 5) is 24.3. The minimum atomic E-state index is -0.724. The molecule has 0 bridgehead atoms. The fourth-order valence-electron chi connectivity index (χ4n) is 3.40. The van der Waals surface area contributed by atoms with Gasteiger partial charge in [0.2, 0.25) is 11.8 Å². The van der Waals surface area contributed by atoms with Crippen molar-refractivity contribution >= 4 is 11.8 Å². The Morgan fingerprint density at radius 2 is 1.74 bits per heavy atom. The molecule has 2 rings (SSSR count). The molecule has 216 valence electrons. The third kappa shape index (κ3) is 18.5. The van der Waals surface area contributed by atoms with Gasteiger partial charge in [-0.1, -0.05) is 58.0 Å². The minimum Gasteiger partial charge on any atom is -0.493 e. The monoisotopic (exact) mass is 541 g/mol. The number of benzene rings is 2. The van der Waals surface area contributed by atoms with E-state index in [1.54, 1.807) is 13.0 Å². The van der Waals surface area contributed by atoms with Crippen LogP contribution in [0.2, 0.25) is 0 Å². The highest BCUT2D eigenvalue weighted by molar-refractivity contribution is 5.87. The van der Waals surface area contributed by atoms with E-state index in [4.69, 9.17) is 11.2 Å². The number of rotatable bonds is 15. The highest BCUT2D eigenvalue weighted by atomic mass is 19.1. The molecule has 0 saturated heterocycles. The number of aryl methyl sites for hydroxylation is 2. The largest absolute Gasteiger partial charge is 0.493 e. The Kier molecular flexibility index (Phi) is 21.7. The van der Waals surface area contributed by atoms with Crippen LogP contribution in [0.15, 0.2) is 48.5 Å². The lowest BCUT2D eigenvalue weighted by Crippen LogP contribution is -2.47. The maximum absolute atomic E-state index is 13.3. The second-order valence-electron chi connectivity index (χ2n) is 8.64. The molecule has 0 spiro atoms. The standard InChI is InChI=1S/C22H32FN3O3.C8H10.C2H6/c1-4-9-20(22(28)25-12-8-11-24-5-2)26-21(27)10-6-7-13-29-19-15-17(3)14-18(23)16-19;1-2-8-6-4-3-5-7-8;1-2/h1,14-16,20,24H,5-13H2,2-3H3,(H,25,28)(H,26,27);3-7H,2H2,1H3;1-2H3. The highest BCUT2D eigenvalue weighted by Crippen LogP contribution is 2.16. The first kappa shape index (κ1) is 35.6. The van der Waals surface area contributed by atoms with Crippen LogP contribution in [0.5, 0.6) is 5.75 Å². The molecule has 0 aromatic heterocycles. The smallest absolute Gasteiger partial charge is 0.243 e. The summed E-state index contributed by atoms with van der Waals surface area (Å²) >= 11 is 0. The molecule has 1 atom stereocenters. The second kappa shape index (κ2) is 23.7. The molecule has 39 heavy (non-hydrogen) atoms. The lowest BCUT2D eigenvalue weighted by molar-refractivity contribution is -0.128. The van der Waals surface area contributed by atoms with Crippen LogP contribution in [0.25, 0.3) is 0 Å². The Labute approximate surface area is 235 Å². The number of hydrogen-bond acceptors (Lipinski definition) is 4. The van der Waals surface area contributed by atoms with Gasteiger partial charge in [0.25, 0.3) is 0 Å². The molecule has 0 fully saturated rings. The van der Waals surface area contributed by atoms with Crippen LogP contribution < -0.4 is 20.7 Å². The number of amides is 2. The third-order valence-electron chi connectivity index (χ3n) is 5.39. The number of hydrogen-bond donors (Lipinski definition) is 3. The van der Waals surface area contributed by atoms with Gasteiger partial charge < -0.3 is 20.7 Å². The first-order valence-electron chi connectivity index (χ1n) is 14.0. The summed E-state index contributed by atoms with van der Waals surface area (Å²) in [6.45, 7) is 12.6. The normalized spacial score (nSPS) is 10.5. The van der Waals surface area contributed by atoms with E-state index in [0.29, 0.717) is 31.7 Å². The van der Waals surface area contributed by atoms with Crippen LogP contribution in [0.4, 0.5) is 4.39 Å². The number of halogens is 1. The van der Waals surface area contributed by atoms with E-state index >= 15 is 0 Å². The van der Waals surface area contributed by atoms with E-state index in [1.807, 2.05) is 26.8 Å². The molecular formula is C32H48FN3O3. The van der Waals surface area contributed by atoms with Crippen molar-refractivity contribution in [1.82, 2.24) is 16.0 Å². The van der Waals surface area contributed by atoms with Crippen LogP contribution in [0.3, 0.4) is 0 Å². The van der Waals surface area contributed by atoms with E-state index in [0.717, 1.165) is 31.5 Å². The van der Waals surface area contributed by atoms with Gasteiger partial charge in [-0.3, -0.25) is 9.59 Å². The van der Waals surface area contributed by atoms with Crippen LogP contribution in [-0.4, -0.2) is 44.1 Å². The summed E-state index contributed by atoms with van der Waals surface area (Å²) in [5.41, 5.74) is 2.20. The van der Waals surface area contributed by atoms with Crippen molar-refractivity contribution in [2.45, 2.75) is 79.2 Å². The predicted octanol–water partition coefficient (Wildman–Crippen LogP) is 5.58. The van der Waals surface area contributed by atoms with Crippen molar-refractivity contribution in [2.24, 2.45) is 0 Å². The molecular weight excluding hydrogens is 493 g/mol. The maximum atomic E-state index is 13.3. The molecule has 0 aliphatic heterocycles. The van der Waals surface area contributed by atoms with E-state index < -0.39 is 6.04 Å². The van der Waals surface area contributed by atoms with Gasteiger partial charge in [-0.15, -0.1) is 12.3 Å². The summed E-state index contributed by atoms with van der Waals surface area (Å²) in [7, 11) is 0. The highest BCUT2D eigenvalue weighted by Gasteiger charge is 2.19. The van der Waals surface area contributed by atoms with E-state index in [1.165, 1.54) is 17.7 Å². The van der Waals surface area contributed by atoms with Crippen LogP contribution in [0.1, 0.15) is 70.9 Å². The zero-order chi connectivity index (χ0) is 29.3. The number of carbonyl (C=O) groups excluding carboxylic acids is 2. The fourth-order valence-corrected chi connectivity index (χ4v) is 3.40. The summed E-state index contributed by atoms with van der Waals surface area (Å²) < 4.78 is 18.8. The Bertz CT molecular complexity index is 941. The lowest BCUT2D eigenvalue weighted by atomic mass is 10.1. The molecule has 2 aromatic carbocycles. The van der Waals surface area contributed by atoms with Gasteiger partial charge in [0.1, 0.15) is 17.6 Å².